The number of piperidine rings is 1. The molecule has 0 bridgehead atoms. The van der Waals surface area contributed by atoms with Crippen LogP contribution in [0.25, 0.3) is 21.8 Å². The van der Waals surface area contributed by atoms with Gasteiger partial charge in [-0.05, 0) is 25.0 Å². The molecule has 32 heavy (non-hydrogen) atoms. The molecule has 0 unspecified atom stereocenters. The minimum absolute atomic E-state index is 0.101. The summed E-state index contributed by atoms with van der Waals surface area (Å²) in [6.07, 6.45) is 3.63. The van der Waals surface area contributed by atoms with Crippen molar-refractivity contribution in [2.75, 3.05) is 19.3 Å². The molecule has 0 atom stereocenters. The number of aromatic nitrogens is 2. The van der Waals surface area contributed by atoms with Gasteiger partial charge in [-0.25, -0.2) is 22.7 Å². The first-order valence-electron chi connectivity index (χ1n) is 9.85. The second kappa shape index (κ2) is 9.14. The molecule has 1 aliphatic rings. The van der Waals surface area contributed by atoms with Crippen LogP contribution in [-0.4, -0.2) is 54.0 Å². The van der Waals surface area contributed by atoms with E-state index >= 15 is 0 Å². The van der Waals surface area contributed by atoms with Crippen molar-refractivity contribution in [2.45, 2.75) is 18.9 Å². The Kier molecular flexibility index (Phi) is 6.47. The number of ether oxygens (including phenoxy) is 1. The van der Waals surface area contributed by atoms with E-state index in [0.717, 1.165) is 5.56 Å². The molecule has 1 fully saturated rings. The lowest BCUT2D eigenvalue weighted by Gasteiger charge is -2.30. The number of rotatable bonds is 6. The van der Waals surface area contributed by atoms with Gasteiger partial charge in [-0.3, -0.25) is 4.79 Å². The normalized spacial score (nSPS) is 15.6. The smallest absolute Gasteiger partial charge is 0.268 e. The van der Waals surface area contributed by atoms with Gasteiger partial charge in [-0.2, -0.15) is 0 Å². The topological polar surface area (TPSA) is 115 Å². The lowest BCUT2D eigenvalue weighted by Crippen LogP contribution is -2.41. The minimum Gasteiger partial charge on any atom is -0.489 e. The van der Waals surface area contributed by atoms with Crippen molar-refractivity contribution >= 4 is 38.9 Å². The Balaban J connectivity index is 1.59. The van der Waals surface area contributed by atoms with Crippen molar-refractivity contribution in [3.05, 3.63) is 52.6 Å². The lowest BCUT2D eigenvalue weighted by molar-refractivity contribution is 0.0996. The summed E-state index contributed by atoms with van der Waals surface area (Å²) < 4.78 is 30.9. The van der Waals surface area contributed by atoms with Crippen molar-refractivity contribution in [1.82, 2.24) is 14.3 Å². The molecule has 1 aliphatic heterocycles. The van der Waals surface area contributed by atoms with E-state index in [1.807, 2.05) is 23.6 Å². The summed E-state index contributed by atoms with van der Waals surface area (Å²) in [5.74, 6) is -0.195. The first-order chi connectivity index (χ1) is 15.2. The first-order valence-corrected chi connectivity index (χ1v) is 13.0. The summed E-state index contributed by atoms with van der Waals surface area (Å²) in [6, 6.07) is 9.08. The number of sulfonamides is 1. The molecule has 2 aromatic heterocycles. The number of nitrogens with zero attached hydrogens (tertiary/aromatic N) is 3. The van der Waals surface area contributed by atoms with Crippen molar-refractivity contribution in [3.63, 3.8) is 0 Å². The zero-order chi connectivity index (χ0) is 22.9. The maximum atomic E-state index is 12.0. The molecule has 168 valence electrons. The van der Waals surface area contributed by atoms with E-state index in [4.69, 9.17) is 22.1 Å². The monoisotopic (exact) mass is 492 g/mol. The highest BCUT2D eigenvalue weighted by Gasteiger charge is 2.26. The average molecular weight is 493 g/mol. The molecule has 2 N–H and O–H groups in total. The number of hydrogen-bond acceptors (Lipinski definition) is 7. The molecule has 0 radical (unpaired) electrons. The maximum Gasteiger partial charge on any atom is 0.268 e. The Labute approximate surface area is 195 Å². The van der Waals surface area contributed by atoms with Crippen LogP contribution in [0.2, 0.25) is 5.02 Å². The SMILES string of the molecule is CS(=O)(=O)N1CCC(Oc2cnc(C(N)=O)c(-c3nc(-c4ccccc4Cl)cs3)c2)CC1. The van der Waals surface area contributed by atoms with Gasteiger partial charge < -0.3 is 10.5 Å². The summed E-state index contributed by atoms with van der Waals surface area (Å²) in [4.78, 5) is 20.8. The fourth-order valence-electron chi connectivity index (χ4n) is 3.53. The molecule has 8 nitrogen and oxygen atoms in total. The zero-order valence-corrected chi connectivity index (χ0v) is 19.6. The van der Waals surface area contributed by atoms with E-state index in [9.17, 15) is 13.2 Å². The Morgan fingerprint density at radius 3 is 2.62 bits per heavy atom. The average Bonchev–Trinajstić information content (AvgIpc) is 3.23. The molecule has 0 spiro atoms. The van der Waals surface area contributed by atoms with E-state index in [0.29, 0.717) is 53.0 Å². The van der Waals surface area contributed by atoms with Crippen molar-refractivity contribution < 1.29 is 17.9 Å². The fraction of sp³-hybridized carbons (Fsp3) is 0.286. The van der Waals surface area contributed by atoms with Gasteiger partial charge in [0.25, 0.3) is 5.91 Å². The molecule has 1 amide bonds. The van der Waals surface area contributed by atoms with Crippen molar-refractivity contribution in [2.24, 2.45) is 5.73 Å². The summed E-state index contributed by atoms with van der Waals surface area (Å²) in [5.41, 5.74) is 7.59. The maximum absolute atomic E-state index is 12.0. The predicted molar refractivity (Wildman–Crippen MR) is 124 cm³/mol. The standard InChI is InChI=1S/C21H21ClN4O4S2/c1-32(28,29)26-8-6-13(7-9-26)30-14-10-16(19(20(23)27)24-11-14)21-25-18(12-31-21)15-4-2-3-5-17(15)22/h2-5,10-13H,6-9H2,1H3,(H2,23,27). The van der Waals surface area contributed by atoms with Crippen LogP contribution in [0.15, 0.2) is 41.9 Å². The van der Waals surface area contributed by atoms with Crippen LogP contribution < -0.4 is 10.5 Å². The Morgan fingerprint density at radius 2 is 1.97 bits per heavy atom. The Morgan fingerprint density at radius 1 is 1.25 bits per heavy atom. The molecule has 3 heterocycles. The van der Waals surface area contributed by atoms with Crippen LogP contribution in [0.3, 0.4) is 0 Å². The number of carbonyl (C=O) groups excluding carboxylic acids is 1. The molecule has 0 saturated carbocycles. The third-order valence-electron chi connectivity index (χ3n) is 5.15. The van der Waals surface area contributed by atoms with Gasteiger partial charge >= 0.3 is 0 Å². The lowest BCUT2D eigenvalue weighted by atomic mass is 10.1. The van der Waals surface area contributed by atoms with E-state index in [-0.39, 0.29) is 11.8 Å². The number of nitrogens with two attached hydrogens (primary N) is 1. The second-order valence-electron chi connectivity index (χ2n) is 7.43. The Bertz CT molecular complexity index is 1250. The molecule has 11 heteroatoms. The van der Waals surface area contributed by atoms with Gasteiger partial charge in [0.1, 0.15) is 22.6 Å². The number of thiazole rings is 1. The highest BCUT2D eigenvalue weighted by Crippen LogP contribution is 2.35. The molecule has 1 saturated heterocycles. The quantitative estimate of drug-likeness (QED) is 0.563. The van der Waals surface area contributed by atoms with Crippen LogP contribution in [0.5, 0.6) is 5.75 Å². The number of halogens is 1. The number of benzene rings is 1. The first kappa shape index (κ1) is 22.7. The predicted octanol–water partition coefficient (Wildman–Crippen LogP) is 3.43. The number of amides is 1. The summed E-state index contributed by atoms with van der Waals surface area (Å²) in [5, 5.41) is 3.00. The van der Waals surface area contributed by atoms with Crippen LogP contribution in [0.1, 0.15) is 23.3 Å². The van der Waals surface area contributed by atoms with Gasteiger partial charge in [0.05, 0.1) is 18.1 Å². The van der Waals surface area contributed by atoms with E-state index < -0.39 is 15.9 Å². The molecule has 3 aromatic rings. The van der Waals surface area contributed by atoms with Gasteiger partial charge in [-0.15, -0.1) is 11.3 Å². The molecule has 4 rings (SSSR count). The Hall–Kier alpha value is -2.53. The van der Waals surface area contributed by atoms with Crippen molar-refractivity contribution in [1.29, 1.82) is 0 Å². The molecule has 0 aliphatic carbocycles. The number of primary amides is 1. The fourth-order valence-corrected chi connectivity index (χ4v) is 5.48. The summed E-state index contributed by atoms with van der Waals surface area (Å²) in [6.45, 7) is 0.799. The van der Waals surface area contributed by atoms with Gasteiger partial charge in [0, 0.05) is 34.6 Å². The second-order valence-corrected chi connectivity index (χ2v) is 10.7. The third-order valence-corrected chi connectivity index (χ3v) is 7.66. The van der Waals surface area contributed by atoms with E-state index in [1.54, 1.807) is 12.1 Å². The zero-order valence-electron chi connectivity index (χ0n) is 17.2. The molecule has 1 aromatic carbocycles. The van der Waals surface area contributed by atoms with Crippen LogP contribution in [0, 0.1) is 0 Å². The van der Waals surface area contributed by atoms with Crippen molar-refractivity contribution in [3.8, 4) is 27.6 Å². The van der Waals surface area contributed by atoms with E-state index in [1.165, 1.54) is 28.1 Å². The molecular formula is C21H21ClN4O4S2. The third kappa shape index (κ3) is 4.93. The van der Waals surface area contributed by atoms with Crippen LogP contribution in [-0.2, 0) is 10.0 Å². The minimum atomic E-state index is -3.21. The summed E-state index contributed by atoms with van der Waals surface area (Å²) >= 11 is 7.63. The summed E-state index contributed by atoms with van der Waals surface area (Å²) in [7, 11) is -3.21. The van der Waals surface area contributed by atoms with Gasteiger partial charge in [-0.1, -0.05) is 29.8 Å². The number of pyridine rings is 1. The highest BCUT2D eigenvalue weighted by molar-refractivity contribution is 7.88. The van der Waals surface area contributed by atoms with Gasteiger partial charge in [0.15, 0.2) is 0 Å². The van der Waals surface area contributed by atoms with Crippen LogP contribution >= 0.6 is 22.9 Å². The van der Waals surface area contributed by atoms with E-state index in [2.05, 4.69) is 9.97 Å². The van der Waals surface area contributed by atoms with Gasteiger partial charge in [0.2, 0.25) is 10.0 Å². The largest absolute Gasteiger partial charge is 0.489 e. The molecular weight excluding hydrogens is 472 g/mol. The number of carbonyl (C=O) groups is 1. The number of hydrogen-bond donors (Lipinski definition) is 1. The highest BCUT2D eigenvalue weighted by atomic mass is 35.5. The van der Waals surface area contributed by atoms with Crippen LogP contribution in [0.4, 0.5) is 0 Å².